The van der Waals surface area contributed by atoms with E-state index in [4.69, 9.17) is 21.4 Å². The molecule has 1 saturated heterocycles. The molecular formula is C30H23BrClNO6. The molecule has 0 bridgehead atoms. The molecule has 2 aromatic rings. The summed E-state index contributed by atoms with van der Waals surface area (Å²) in [7, 11) is 0. The van der Waals surface area contributed by atoms with Crippen molar-refractivity contribution in [3.8, 4) is 5.75 Å². The molecule has 9 heteroatoms. The van der Waals surface area contributed by atoms with Crippen molar-refractivity contribution in [3.05, 3.63) is 92.5 Å². The molecule has 0 aromatic heterocycles. The summed E-state index contributed by atoms with van der Waals surface area (Å²) < 4.78 is 5.69. The van der Waals surface area contributed by atoms with E-state index < -0.39 is 23.7 Å². The number of hydrogen-bond donors (Lipinski definition) is 1. The van der Waals surface area contributed by atoms with Gasteiger partial charge in [0.15, 0.2) is 11.6 Å². The van der Waals surface area contributed by atoms with Gasteiger partial charge in [-0.05, 0) is 76.7 Å². The highest BCUT2D eigenvalue weighted by Crippen LogP contribution is 2.55. The molecule has 1 heterocycles. The molecule has 1 aliphatic heterocycles. The first kappa shape index (κ1) is 25.9. The van der Waals surface area contributed by atoms with Crippen LogP contribution in [0.15, 0.2) is 81.9 Å². The zero-order valence-electron chi connectivity index (χ0n) is 20.6. The van der Waals surface area contributed by atoms with Crippen molar-refractivity contribution < 1.29 is 29.0 Å². The maximum absolute atomic E-state index is 13.9. The molecule has 0 radical (unpaired) electrons. The van der Waals surface area contributed by atoms with Gasteiger partial charge in [0.25, 0.3) is 0 Å². The second kappa shape index (κ2) is 10.0. The first-order valence-corrected chi connectivity index (χ1v) is 13.8. The summed E-state index contributed by atoms with van der Waals surface area (Å²) in [5.74, 6) is -2.67. The summed E-state index contributed by atoms with van der Waals surface area (Å²) in [6, 6.07) is 13.8. The Morgan fingerprint density at radius 2 is 1.69 bits per heavy atom. The van der Waals surface area contributed by atoms with Crippen molar-refractivity contribution in [2.45, 2.75) is 18.8 Å². The zero-order chi connectivity index (χ0) is 27.4. The summed E-state index contributed by atoms with van der Waals surface area (Å²) >= 11 is 9.27. The SMILES string of the molecule is O=C1C=C(Br)C(=O)C2=C1C(c1ccc(OCCO)cc1)C1=CCC3C(=O)N(c4ccc(Cl)cc4)C(=O)C3C1C2. The third-order valence-electron chi connectivity index (χ3n) is 7.99. The lowest BCUT2D eigenvalue weighted by atomic mass is 9.59. The fourth-order valence-corrected chi connectivity index (χ4v) is 6.92. The Labute approximate surface area is 237 Å². The van der Waals surface area contributed by atoms with E-state index in [-0.39, 0.29) is 47.5 Å². The molecular weight excluding hydrogens is 586 g/mol. The lowest BCUT2D eigenvalue weighted by molar-refractivity contribution is -0.123. The molecule has 1 N–H and O–H groups in total. The Kier molecular flexibility index (Phi) is 6.65. The molecule has 1 fully saturated rings. The van der Waals surface area contributed by atoms with Crippen LogP contribution in [0.2, 0.25) is 5.02 Å². The van der Waals surface area contributed by atoms with Crippen molar-refractivity contribution >= 4 is 56.6 Å². The zero-order valence-corrected chi connectivity index (χ0v) is 22.9. The summed E-state index contributed by atoms with van der Waals surface area (Å²) in [5.41, 5.74) is 2.93. The van der Waals surface area contributed by atoms with E-state index in [1.165, 1.54) is 11.0 Å². The number of benzene rings is 2. The third-order valence-corrected chi connectivity index (χ3v) is 8.83. The van der Waals surface area contributed by atoms with Crippen LogP contribution in [0.3, 0.4) is 0 Å². The molecule has 0 spiro atoms. The molecule has 7 nitrogen and oxygen atoms in total. The van der Waals surface area contributed by atoms with Crippen LogP contribution in [0, 0.1) is 17.8 Å². The number of anilines is 1. The van der Waals surface area contributed by atoms with Gasteiger partial charge in [0.2, 0.25) is 11.8 Å². The van der Waals surface area contributed by atoms with Crippen LogP contribution in [0.25, 0.3) is 0 Å². The van der Waals surface area contributed by atoms with Crippen molar-refractivity contribution in [2.75, 3.05) is 18.1 Å². The van der Waals surface area contributed by atoms with Gasteiger partial charge in [-0.25, -0.2) is 0 Å². The molecule has 3 aliphatic carbocycles. The van der Waals surface area contributed by atoms with Gasteiger partial charge in [0.05, 0.1) is 28.6 Å². The molecule has 198 valence electrons. The number of carbonyl (C=O) groups is 4. The number of aliphatic hydroxyl groups is 1. The Bertz CT molecular complexity index is 1510. The Balaban J connectivity index is 1.43. The largest absolute Gasteiger partial charge is 0.491 e. The number of aliphatic hydroxyl groups excluding tert-OH is 1. The first-order chi connectivity index (χ1) is 18.8. The number of allylic oxidation sites excluding steroid dienone is 6. The van der Waals surface area contributed by atoms with Gasteiger partial charge in [-0.3, -0.25) is 24.1 Å². The summed E-state index contributed by atoms with van der Waals surface area (Å²) in [6.07, 6.45) is 3.87. The van der Waals surface area contributed by atoms with E-state index in [1.807, 2.05) is 18.2 Å². The van der Waals surface area contributed by atoms with Gasteiger partial charge >= 0.3 is 0 Å². The van der Waals surface area contributed by atoms with Crippen LogP contribution < -0.4 is 9.64 Å². The average Bonchev–Trinajstić information content (AvgIpc) is 3.20. The number of ketones is 2. The van der Waals surface area contributed by atoms with E-state index in [9.17, 15) is 19.2 Å². The second-order valence-electron chi connectivity index (χ2n) is 10.0. The Morgan fingerprint density at radius 1 is 0.974 bits per heavy atom. The standard InChI is InChI=1S/C30H23BrClNO6/c31-23-14-24(35)27-22(28(23)36)13-21-19(25(27)15-1-7-18(8-2-15)39-12-11-34)9-10-20-26(21)30(38)33(29(20)37)17-5-3-16(32)4-6-17/h1-9,14,20-21,25-26,34H,10-13H2. The van der Waals surface area contributed by atoms with E-state index in [2.05, 4.69) is 15.9 Å². The van der Waals surface area contributed by atoms with Crippen LogP contribution in [0.5, 0.6) is 5.75 Å². The number of rotatable bonds is 5. The predicted molar refractivity (Wildman–Crippen MR) is 148 cm³/mol. The lowest BCUT2D eigenvalue weighted by Crippen LogP contribution is -2.39. The molecule has 4 unspecified atom stereocenters. The molecule has 4 aliphatic rings. The summed E-state index contributed by atoms with van der Waals surface area (Å²) in [5, 5.41) is 9.56. The van der Waals surface area contributed by atoms with Crippen LogP contribution in [-0.4, -0.2) is 41.7 Å². The highest BCUT2D eigenvalue weighted by atomic mass is 79.9. The number of Topliss-reactive ketones (excluding diaryl/α,β-unsaturated/α-hetero) is 1. The molecule has 2 aromatic carbocycles. The van der Waals surface area contributed by atoms with Gasteiger partial charge in [0, 0.05) is 28.2 Å². The number of nitrogens with zero attached hydrogens (tertiary/aromatic N) is 1. The van der Waals surface area contributed by atoms with Crippen LogP contribution in [-0.2, 0) is 19.2 Å². The fourth-order valence-electron chi connectivity index (χ4n) is 6.35. The normalized spacial score (nSPS) is 26.2. The van der Waals surface area contributed by atoms with Gasteiger partial charge in [-0.15, -0.1) is 0 Å². The molecule has 0 saturated carbocycles. The second-order valence-corrected chi connectivity index (χ2v) is 11.3. The Morgan fingerprint density at radius 3 is 2.38 bits per heavy atom. The third kappa shape index (κ3) is 4.22. The van der Waals surface area contributed by atoms with Gasteiger partial charge in [-0.2, -0.15) is 0 Å². The van der Waals surface area contributed by atoms with Crippen LogP contribution >= 0.6 is 27.5 Å². The molecule has 39 heavy (non-hydrogen) atoms. The number of fused-ring (bicyclic) bond motifs is 3. The Hall–Kier alpha value is -3.33. The minimum Gasteiger partial charge on any atom is -0.491 e. The van der Waals surface area contributed by atoms with Crippen molar-refractivity contribution in [2.24, 2.45) is 17.8 Å². The number of carbonyl (C=O) groups excluding carboxylic acids is 4. The van der Waals surface area contributed by atoms with E-state index in [0.717, 1.165) is 11.1 Å². The van der Waals surface area contributed by atoms with Crippen LogP contribution in [0.4, 0.5) is 5.69 Å². The first-order valence-electron chi connectivity index (χ1n) is 12.7. The van der Waals surface area contributed by atoms with Crippen LogP contribution in [0.1, 0.15) is 24.3 Å². The number of amides is 2. The van der Waals surface area contributed by atoms with Gasteiger partial charge in [-0.1, -0.05) is 35.4 Å². The van der Waals surface area contributed by atoms with Crippen molar-refractivity contribution in [1.82, 2.24) is 0 Å². The fraction of sp³-hybridized carbons (Fsp3) is 0.267. The minimum atomic E-state index is -0.649. The predicted octanol–water partition coefficient (Wildman–Crippen LogP) is 4.68. The maximum atomic E-state index is 13.9. The smallest absolute Gasteiger partial charge is 0.238 e. The summed E-state index contributed by atoms with van der Waals surface area (Å²) in [6.45, 7) is 0.0375. The monoisotopic (exact) mass is 607 g/mol. The number of imide groups is 1. The lowest BCUT2D eigenvalue weighted by Gasteiger charge is -2.42. The molecule has 4 atom stereocenters. The number of halogens is 2. The minimum absolute atomic E-state index is 0.116. The highest BCUT2D eigenvalue weighted by molar-refractivity contribution is 9.12. The quantitative estimate of drug-likeness (QED) is 0.301. The van der Waals surface area contributed by atoms with E-state index >= 15 is 0 Å². The van der Waals surface area contributed by atoms with E-state index in [0.29, 0.717) is 34.0 Å². The molecule has 6 rings (SSSR count). The van der Waals surface area contributed by atoms with Crippen molar-refractivity contribution in [1.29, 1.82) is 0 Å². The highest BCUT2D eigenvalue weighted by Gasteiger charge is 2.56. The maximum Gasteiger partial charge on any atom is 0.238 e. The van der Waals surface area contributed by atoms with Gasteiger partial charge in [0.1, 0.15) is 12.4 Å². The van der Waals surface area contributed by atoms with Gasteiger partial charge < -0.3 is 9.84 Å². The van der Waals surface area contributed by atoms with E-state index in [1.54, 1.807) is 36.4 Å². The number of ether oxygens (including phenoxy) is 1. The average molecular weight is 609 g/mol. The number of hydrogen-bond acceptors (Lipinski definition) is 6. The summed E-state index contributed by atoms with van der Waals surface area (Å²) in [4.78, 5) is 55.2. The molecule has 2 amide bonds. The van der Waals surface area contributed by atoms with Crippen molar-refractivity contribution in [3.63, 3.8) is 0 Å². The topological polar surface area (TPSA) is 101 Å².